The average Bonchev–Trinajstić information content (AvgIpc) is 2.87. The zero-order chi connectivity index (χ0) is 14.5. The van der Waals surface area contributed by atoms with Crippen molar-refractivity contribution in [2.75, 3.05) is 11.9 Å². The predicted molar refractivity (Wildman–Crippen MR) is 80.0 cm³/mol. The zero-order valence-corrected chi connectivity index (χ0v) is 12.3. The van der Waals surface area contributed by atoms with Crippen molar-refractivity contribution in [3.63, 3.8) is 0 Å². The van der Waals surface area contributed by atoms with Gasteiger partial charge in [0.05, 0.1) is 30.1 Å². The maximum atomic E-state index is 11.9. The minimum absolute atomic E-state index is 0.134. The molecule has 0 saturated heterocycles. The number of furan rings is 1. The molecule has 0 fully saturated rings. The summed E-state index contributed by atoms with van der Waals surface area (Å²) in [6.45, 7) is 4.60. The zero-order valence-electron chi connectivity index (χ0n) is 11.5. The maximum Gasteiger partial charge on any atom is 0.238 e. The van der Waals surface area contributed by atoms with Gasteiger partial charge in [0, 0.05) is 0 Å². The SMILES string of the molecule is Cc1cc(C)c(NC(=O)CNCc2ccco2)c(Cl)c1. The number of carbonyl (C=O) groups is 1. The fraction of sp³-hybridized carbons (Fsp3) is 0.267. The van der Waals surface area contributed by atoms with Gasteiger partial charge in [-0.25, -0.2) is 0 Å². The Morgan fingerprint density at radius 1 is 1.35 bits per heavy atom. The molecular weight excluding hydrogens is 276 g/mol. The van der Waals surface area contributed by atoms with Crippen LogP contribution in [0.15, 0.2) is 34.9 Å². The van der Waals surface area contributed by atoms with Crippen LogP contribution >= 0.6 is 11.6 Å². The Hall–Kier alpha value is -1.78. The number of hydrogen-bond donors (Lipinski definition) is 2. The Morgan fingerprint density at radius 2 is 2.15 bits per heavy atom. The number of nitrogens with one attached hydrogen (secondary N) is 2. The van der Waals surface area contributed by atoms with Crippen LogP contribution in [0.5, 0.6) is 0 Å². The highest BCUT2D eigenvalue weighted by atomic mass is 35.5. The molecule has 0 radical (unpaired) electrons. The van der Waals surface area contributed by atoms with Gasteiger partial charge in [-0.3, -0.25) is 4.79 Å². The molecule has 0 spiro atoms. The fourth-order valence-corrected chi connectivity index (χ4v) is 2.34. The summed E-state index contributed by atoms with van der Waals surface area (Å²) < 4.78 is 5.17. The first-order valence-electron chi connectivity index (χ1n) is 6.36. The Balaban J connectivity index is 1.88. The van der Waals surface area contributed by atoms with Gasteiger partial charge in [0.1, 0.15) is 5.76 Å². The highest BCUT2D eigenvalue weighted by Crippen LogP contribution is 2.27. The maximum absolute atomic E-state index is 11.9. The lowest BCUT2D eigenvalue weighted by Crippen LogP contribution is -2.28. The van der Waals surface area contributed by atoms with Crippen LogP contribution in [-0.4, -0.2) is 12.5 Å². The van der Waals surface area contributed by atoms with Gasteiger partial charge < -0.3 is 15.1 Å². The van der Waals surface area contributed by atoms with E-state index in [1.54, 1.807) is 6.26 Å². The van der Waals surface area contributed by atoms with Crippen molar-refractivity contribution in [2.45, 2.75) is 20.4 Å². The number of hydrogen-bond acceptors (Lipinski definition) is 3. The lowest BCUT2D eigenvalue weighted by Gasteiger charge is -2.11. The Kier molecular flexibility index (Phi) is 4.82. The molecule has 0 aliphatic rings. The summed E-state index contributed by atoms with van der Waals surface area (Å²) in [7, 11) is 0. The van der Waals surface area contributed by atoms with Gasteiger partial charge in [-0.15, -0.1) is 0 Å². The first-order chi connectivity index (χ1) is 9.56. The van der Waals surface area contributed by atoms with Crippen molar-refractivity contribution in [1.82, 2.24) is 5.32 Å². The summed E-state index contributed by atoms with van der Waals surface area (Å²) in [6.07, 6.45) is 1.60. The van der Waals surface area contributed by atoms with E-state index in [-0.39, 0.29) is 12.5 Å². The van der Waals surface area contributed by atoms with Crippen molar-refractivity contribution in [3.8, 4) is 0 Å². The molecule has 106 valence electrons. The standard InChI is InChI=1S/C15H17ClN2O2/c1-10-6-11(2)15(13(16)7-10)18-14(19)9-17-8-12-4-3-5-20-12/h3-7,17H,8-9H2,1-2H3,(H,18,19). The van der Waals surface area contributed by atoms with Crippen molar-refractivity contribution >= 4 is 23.2 Å². The van der Waals surface area contributed by atoms with E-state index in [0.29, 0.717) is 17.3 Å². The van der Waals surface area contributed by atoms with Crippen LogP contribution in [0.2, 0.25) is 5.02 Å². The van der Waals surface area contributed by atoms with E-state index < -0.39 is 0 Å². The Bertz CT molecular complexity index is 571. The molecule has 1 heterocycles. The van der Waals surface area contributed by atoms with E-state index in [0.717, 1.165) is 16.9 Å². The summed E-state index contributed by atoms with van der Waals surface area (Å²) in [5.74, 6) is 0.660. The molecule has 1 aromatic heterocycles. The number of benzene rings is 1. The molecule has 0 saturated carbocycles. The van der Waals surface area contributed by atoms with Crippen LogP contribution in [0.1, 0.15) is 16.9 Å². The van der Waals surface area contributed by atoms with Crippen LogP contribution in [0.3, 0.4) is 0 Å². The van der Waals surface area contributed by atoms with E-state index in [1.807, 2.05) is 38.1 Å². The van der Waals surface area contributed by atoms with Crippen LogP contribution in [-0.2, 0) is 11.3 Å². The lowest BCUT2D eigenvalue weighted by molar-refractivity contribution is -0.115. The van der Waals surface area contributed by atoms with E-state index in [4.69, 9.17) is 16.0 Å². The van der Waals surface area contributed by atoms with E-state index in [1.165, 1.54) is 0 Å². The van der Waals surface area contributed by atoms with Crippen molar-refractivity contribution in [2.24, 2.45) is 0 Å². The molecule has 2 aromatic rings. The molecule has 5 heteroatoms. The van der Waals surface area contributed by atoms with Crippen molar-refractivity contribution in [3.05, 3.63) is 52.4 Å². The van der Waals surface area contributed by atoms with E-state index in [2.05, 4.69) is 10.6 Å². The van der Waals surface area contributed by atoms with E-state index >= 15 is 0 Å². The van der Waals surface area contributed by atoms with Gasteiger partial charge in [-0.2, -0.15) is 0 Å². The third kappa shape index (κ3) is 3.85. The van der Waals surface area contributed by atoms with E-state index in [9.17, 15) is 4.79 Å². The number of aryl methyl sites for hydroxylation is 2. The van der Waals surface area contributed by atoms with Gasteiger partial charge in [-0.1, -0.05) is 17.7 Å². The van der Waals surface area contributed by atoms with Gasteiger partial charge in [0.2, 0.25) is 5.91 Å². The molecule has 4 nitrogen and oxygen atoms in total. The normalized spacial score (nSPS) is 10.6. The molecule has 0 aliphatic heterocycles. The second kappa shape index (κ2) is 6.59. The molecule has 1 aromatic carbocycles. The number of anilines is 1. The molecule has 0 unspecified atom stereocenters. The van der Waals surface area contributed by atoms with Crippen molar-refractivity contribution in [1.29, 1.82) is 0 Å². The monoisotopic (exact) mass is 292 g/mol. The van der Waals surface area contributed by atoms with Gasteiger partial charge in [0.15, 0.2) is 0 Å². The third-order valence-corrected chi connectivity index (χ3v) is 3.16. The largest absolute Gasteiger partial charge is 0.468 e. The smallest absolute Gasteiger partial charge is 0.238 e. The first-order valence-corrected chi connectivity index (χ1v) is 6.74. The second-order valence-corrected chi connectivity index (χ2v) is 5.08. The highest BCUT2D eigenvalue weighted by Gasteiger charge is 2.09. The Morgan fingerprint density at radius 3 is 2.80 bits per heavy atom. The van der Waals surface area contributed by atoms with Gasteiger partial charge in [-0.05, 0) is 43.2 Å². The minimum atomic E-state index is -0.134. The topological polar surface area (TPSA) is 54.3 Å². The summed E-state index contributed by atoms with van der Waals surface area (Å²) in [6, 6.07) is 7.48. The third-order valence-electron chi connectivity index (χ3n) is 2.86. The average molecular weight is 293 g/mol. The summed E-state index contributed by atoms with van der Waals surface area (Å²) in [5.41, 5.74) is 2.69. The second-order valence-electron chi connectivity index (χ2n) is 4.67. The summed E-state index contributed by atoms with van der Waals surface area (Å²) in [5, 5.41) is 6.39. The molecule has 0 atom stereocenters. The highest BCUT2D eigenvalue weighted by molar-refractivity contribution is 6.34. The molecular formula is C15H17ClN2O2. The molecule has 2 rings (SSSR count). The number of rotatable bonds is 5. The number of halogens is 1. The fourth-order valence-electron chi connectivity index (χ4n) is 1.97. The molecule has 0 aliphatic carbocycles. The van der Waals surface area contributed by atoms with Crippen LogP contribution in [0.4, 0.5) is 5.69 Å². The summed E-state index contributed by atoms with van der Waals surface area (Å²) >= 11 is 6.14. The number of amides is 1. The first kappa shape index (κ1) is 14.6. The molecule has 0 bridgehead atoms. The Labute approximate surface area is 123 Å². The van der Waals surface area contributed by atoms with Gasteiger partial charge >= 0.3 is 0 Å². The minimum Gasteiger partial charge on any atom is -0.468 e. The van der Waals surface area contributed by atoms with Gasteiger partial charge in [0.25, 0.3) is 0 Å². The van der Waals surface area contributed by atoms with Crippen LogP contribution in [0, 0.1) is 13.8 Å². The van der Waals surface area contributed by atoms with Crippen molar-refractivity contribution < 1.29 is 9.21 Å². The molecule has 20 heavy (non-hydrogen) atoms. The van der Waals surface area contributed by atoms with Crippen LogP contribution in [0.25, 0.3) is 0 Å². The summed E-state index contributed by atoms with van der Waals surface area (Å²) in [4.78, 5) is 11.9. The predicted octanol–water partition coefficient (Wildman–Crippen LogP) is 3.28. The molecule has 2 N–H and O–H groups in total. The van der Waals surface area contributed by atoms with Crippen LogP contribution < -0.4 is 10.6 Å². The quantitative estimate of drug-likeness (QED) is 0.889. The lowest BCUT2D eigenvalue weighted by atomic mass is 10.1. The molecule has 1 amide bonds. The number of carbonyl (C=O) groups excluding carboxylic acids is 1.